The maximum absolute atomic E-state index is 12.0. The second-order valence-corrected chi connectivity index (χ2v) is 9.17. The van der Waals surface area contributed by atoms with Gasteiger partial charge in [0.2, 0.25) is 0 Å². The molecule has 2 nitrogen and oxygen atoms in total. The van der Waals surface area contributed by atoms with Crippen LogP contribution in [0.3, 0.4) is 0 Å². The molecule has 0 saturated heterocycles. The average Bonchev–Trinajstić information content (AvgIpc) is 2.75. The molecule has 0 saturated carbocycles. The minimum atomic E-state index is 0.315. The number of Topliss-reactive ketones (excluding diaryl/α,β-unsaturated/α-hetero) is 1. The summed E-state index contributed by atoms with van der Waals surface area (Å²) < 4.78 is 0. The molecule has 0 aromatic carbocycles. The molecular weight excluding hydrogens is 368 g/mol. The molecule has 0 aromatic rings. The van der Waals surface area contributed by atoms with E-state index in [1.54, 1.807) is 0 Å². The van der Waals surface area contributed by atoms with Crippen molar-refractivity contribution in [3.05, 3.63) is 12.2 Å². The lowest BCUT2D eigenvalue weighted by atomic mass is 10.0. The number of ketones is 1. The maximum atomic E-state index is 12.0. The van der Waals surface area contributed by atoms with Gasteiger partial charge in [-0.1, -0.05) is 109 Å². The highest BCUT2D eigenvalue weighted by Gasteiger charge is 2.02. The van der Waals surface area contributed by atoms with Crippen molar-refractivity contribution >= 4 is 5.78 Å². The van der Waals surface area contributed by atoms with Crippen LogP contribution >= 0.6 is 0 Å². The van der Waals surface area contributed by atoms with Gasteiger partial charge in [-0.15, -0.1) is 0 Å². The van der Waals surface area contributed by atoms with Crippen LogP contribution in [0.4, 0.5) is 0 Å². The van der Waals surface area contributed by atoms with Gasteiger partial charge in [0.15, 0.2) is 0 Å². The number of aliphatic hydroxyl groups excluding tert-OH is 1. The standard InChI is InChI=1S/C28H54O2/c1-2-3-4-5-6-7-8-10-13-16-19-22-25-28(30)26-23-20-17-14-11-9-12-15-18-21-24-27-29/h12,15,29H,2-11,13-14,16-27H2,1H3. The van der Waals surface area contributed by atoms with Gasteiger partial charge in [0.25, 0.3) is 0 Å². The van der Waals surface area contributed by atoms with Crippen LogP contribution in [-0.2, 0) is 4.79 Å². The molecule has 0 heterocycles. The van der Waals surface area contributed by atoms with Crippen LogP contribution in [0, 0.1) is 0 Å². The van der Waals surface area contributed by atoms with E-state index in [2.05, 4.69) is 19.1 Å². The zero-order chi connectivity index (χ0) is 22.0. The quantitative estimate of drug-likeness (QED) is 0.118. The molecule has 0 aliphatic carbocycles. The van der Waals surface area contributed by atoms with E-state index in [9.17, 15) is 4.79 Å². The first-order valence-corrected chi connectivity index (χ1v) is 13.6. The van der Waals surface area contributed by atoms with Gasteiger partial charge in [0.05, 0.1) is 0 Å². The molecule has 0 amide bonds. The van der Waals surface area contributed by atoms with E-state index in [0.29, 0.717) is 12.4 Å². The van der Waals surface area contributed by atoms with Crippen LogP contribution in [0.5, 0.6) is 0 Å². The van der Waals surface area contributed by atoms with Crippen molar-refractivity contribution in [2.24, 2.45) is 0 Å². The monoisotopic (exact) mass is 422 g/mol. The molecule has 0 aliphatic heterocycles. The van der Waals surface area contributed by atoms with Crippen LogP contribution in [0.25, 0.3) is 0 Å². The molecule has 0 rings (SSSR count). The Morgan fingerprint density at radius 2 is 0.900 bits per heavy atom. The largest absolute Gasteiger partial charge is 0.396 e. The molecule has 2 heteroatoms. The normalized spacial score (nSPS) is 11.5. The van der Waals surface area contributed by atoms with Gasteiger partial charge in [0, 0.05) is 19.4 Å². The van der Waals surface area contributed by atoms with Gasteiger partial charge >= 0.3 is 0 Å². The zero-order valence-corrected chi connectivity index (χ0v) is 20.5. The van der Waals surface area contributed by atoms with Crippen LogP contribution in [0.15, 0.2) is 12.2 Å². The highest BCUT2D eigenvalue weighted by Crippen LogP contribution is 2.14. The van der Waals surface area contributed by atoms with Crippen molar-refractivity contribution < 1.29 is 9.90 Å². The molecule has 0 atom stereocenters. The summed E-state index contributed by atoms with van der Waals surface area (Å²) in [5.74, 6) is 0.493. The van der Waals surface area contributed by atoms with Crippen LogP contribution in [-0.4, -0.2) is 17.5 Å². The molecule has 0 aromatic heterocycles. The van der Waals surface area contributed by atoms with Crippen molar-refractivity contribution in [2.75, 3.05) is 6.61 Å². The molecule has 0 bridgehead atoms. The number of unbranched alkanes of at least 4 members (excludes halogenated alkanes) is 18. The van der Waals surface area contributed by atoms with E-state index in [1.165, 1.54) is 103 Å². The maximum Gasteiger partial charge on any atom is 0.132 e. The second kappa shape index (κ2) is 26.4. The third kappa shape index (κ3) is 25.4. The van der Waals surface area contributed by atoms with Crippen LogP contribution < -0.4 is 0 Å². The SMILES string of the molecule is CCCCCCCCCCCCCCC(=O)CCCCCCCC=CCCCCO. The zero-order valence-electron chi connectivity index (χ0n) is 20.5. The van der Waals surface area contributed by atoms with Crippen molar-refractivity contribution in [2.45, 2.75) is 155 Å². The molecule has 0 radical (unpaired) electrons. The van der Waals surface area contributed by atoms with E-state index in [-0.39, 0.29) is 0 Å². The van der Waals surface area contributed by atoms with Gasteiger partial charge in [0.1, 0.15) is 5.78 Å². The van der Waals surface area contributed by atoms with Gasteiger partial charge in [-0.3, -0.25) is 4.79 Å². The first kappa shape index (κ1) is 29.4. The first-order chi connectivity index (χ1) is 14.8. The predicted octanol–water partition coefficient (Wildman–Crippen LogP) is 9.10. The molecule has 0 aliphatic rings. The highest BCUT2D eigenvalue weighted by molar-refractivity contribution is 5.78. The number of hydrogen-bond acceptors (Lipinski definition) is 2. The number of allylic oxidation sites excluding steroid dienone is 2. The molecule has 1 N–H and O–H groups in total. The number of hydrogen-bond donors (Lipinski definition) is 1. The third-order valence-electron chi connectivity index (χ3n) is 6.08. The van der Waals surface area contributed by atoms with E-state index in [4.69, 9.17) is 5.11 Å². The Kier molecular flexibility index (Phi) is 25.9. The van der Waals surface area contributed by atoms with Gasteiger partial charge in [-0.25, -0.2) is 0 Å². The smallest absolute Gasteiger partial charge is 0.132 e. The van der Waals surface area contributed by atoms with Crippen molar-refractivity contribution in [3.63, 3.8) is 0 Å². The minimum Gasteiger partial charge on any atom is -0.396 e. The fourth-order valence-electron chi connectivity index (χ4n) is 4.01. The molecular formula is C28H54O2. The topological polar surface area (TPSA) is 37.3 Å². The lowest BCUT2D eigenvalue weighted by Gasteiger charge is -2.03. The van der Waals surface area contributed by atoms with Gasteiger partial charge in [-0.2, -0.15) is 0 Å². The summed E-state index contributed by atoms with van der Waals surface area (Å²) >= 11 is 0. The molecule has 30 heavy (non-hydrogen) atoms. The Bertz CT molecular complexity index is 362. The molecule has 0 unspecified atom stereocenters. The highest BCUT2D eigenvalue weighted by atomic mass is 16.2. The van der Waals surface area contributed by atoms with E-state index in [0.717, 1.165) is 44.9 Å². The van der Waals surface area contributed by atoms with E-state index < -0.39 is 0 Å². The minimum absolute atomic E-state index is 0.315. The number of carbonyl (C=O) groups is 1. The predicted molar refractivity (Wildman–Crippen MR) is 133 cm³/mol. The second-order valence-electron chi connectivity index (χ2n) is 9.17. The molecule has 0 fully saturated rings. The van der Waals surface area contributed by atoms with Gasteiger partial charge in [-0.05, 0) is 44.9 Å². The summed E-state index contributed by atoms with van der Waals surface area (Å²) in [5, 5.41) is 8.72. The Hall–Kier alpha value is -0.630. The van der Waals surface area contributed by atoms with E-state index in [1.807, 2.05) is 0 Å². The third-order valence-corrected chi connectivity index (χ3v) is 6.08. The van der Waals surface area contributed by atoms with Crippen molar-refractivity contribution in [1.29, 1.82) is 0 Å². The van der Waals surface area contributed by atoms with Crippen LogP contribution in [0.2, 0.25) is 0 Å². The lowest BCUT2D eigenvalue weighted by Crippen LogP contribution is -1.97. The lowest BCUT2D eigenvalue weighted by molar-refractivity contribution is -0.119. The number of aliphatic hydroxyl groups is 1. The van der Waals surface area contributed by atoms with Crippen LogP contribution in [0.1, 0.15) is 155 Å². The Balaban J connectivity index is 3.19. The van der Waals surface area contributed by atoms with E-state index >= 15 is 0 Å². The Morgan fingerprint density at radius 3 is 1.33 bits per heavy atom. The Labute approximate surface area is 189 Å². The Morgan fingerprint density at radius 1 is 0.533 bits per heavy atom. The fourth-order valence-corrected chi connectivity index (χ4v) is 4.01. The summed E-state index contributed by atoms with van der Waals surface area (Å²) in [5.41, 5.74) is 0. The molecule has 178 valence electrons. The van der Waals surface area contributed by atoms with Crippen molar-refractivity contribution in [3.8, 4) is 0 Å². The summed E-state index contributed by atoms with van der Waals surface area (Å²) in [4.78, 5) is 12.0. The van der Waals surface area contributed by atoms with Crippen molar-refractivity contribution in [1.82, 2.24) is 0 Å². The summed E-state index contributed by atoms with van der Waals surface area (Å²) in [6.07, 6.45) is 32.9. The number of rotatable bonds is 25. The molecule has 0 spiro atoms. The summed E-state index contributed by atoms with van der Waals surface area (Å²) in [6, 6.07) is 0. The average molecular weight is 423 g/mol. The van der Waals surface area contributed by atoms with Gasteiger partial charge < -0.3 is 5.11 Å². The first-order valence-electron chi connectivity index (χ1n) is 13.6. The number of carbonyl (C=O) groups excluding carboxylic acids is 1. The summed E-state index contributed by atoms with van der Waals surface area (Å²) in [7, 11) is 0. The fraction of sp³-hybridized carbons (Fsp3) is 0.893. The summed E-state index contributed by atoms with van der Waals surface area (Å²) in [6.45, 7) is 2.59.